The highest BCUT2D eigenvalue weighted by Crippen LogP contribution is 2.33. The molecule has 0 aliphatic heterocycles. The molecule has 2 aliphatic carbocycles. The molecule has 0 bridgehead atoms. The van der Waals surface area contributed by atoms with Crippen LogP contribution in [0.15, 0.2) is 24.3 Å². The van der Waals surface area contributed by atoms with Gasteiger partial charge < -0.3 is 9.47 Å². The number of fused-ring (bicyclic) bond motifs is 2. The largest absolute Gasteiger partial charge is 0.439 e. The Morgan fingerprint density at radius 2 is 0.967 bits per heavy atom. The predicted octanol–water partition coefficient (Wildman–Crippen LogP) is 5.23. The molecule has 2 aliphatic rings. The van der Waals surface area contributed by atoms with E-state index in [1.54, 1.807) is 0 Å². The van der Waals surface area contributed by atoms with Gasteiger partial charge in [0.25, 0.3) is 0 Å². The lowest BCUT2D eigenvalue weighted by molar-refractivity contribution is 0.433. The first kappa shape index (κ1) is 19.0. The molecule has 0 fully saturated rings. The fourth-order valence-corrected chi connectivity index (χ4v) is 4.32. The second-order valence-electron chi connectivity index (χ2n) is 8.09. The molecule has 2 heterocycles. The smallest absolute Gasteiger partial charge is 0.225 e. The molecule has 0 atom stereocenters. The summed E-state index contributed by atoms with van der Waals surface area (Å²) in [5.41, 5.74) is 4.56. The van der Waals surface area contributed by atoms with E-state index in [-0.39, 0.29) is 0 Å². The third-order valence-corrected chi connectivity index (χ3v) is 5.77. The number of benzene rings is 1. The molecule has 30 heavy (non-hydrogen) atoms. The molecule has 154 valence electrons. The van der Waals surface area contributed by atoms with Crippen molar-refractivity contribution in [2.45, 2.75) is 65.2 Å². The Morgan fingerprint density at radius 3 is 1.40 bits per heavy atom. The van der Waals surface area contributed by atoms with E-state index in [0.717, 1.165) is 84.2 Å². The quantitative estimate of drug-likeness (QED) is 0.595. The van der Waals surface area contributed by atoms with Gasteiger partial charge in [0.15, 0.2) is 0 Å². The molecule has 0 saturated carbocycles. The van der Waals surface area contributed by atoms with Crippen LogP contribution in [-0.2, 0) is 25.7 Å². The Morgan fingerprint density at radius 1 is 0.567 bits per heavy atom. The molecule has 1 aromatic carbocycles. The van der Waals surface area contributed by atoms with Crippen LogP contribution in [0, 0.1) is 13.8 Å². The van der Waals surface area contributed by atoms with Crippen LogP contribution in [0.2, 0.25) is 0 Å². The standard InChI is InChI=1S/C24H26N4O2/c1-15-25-21-9-5-3-7-19(21)23(27-15)29-17-11-13-18(14-12-17)30-24-20-8-4-6-10-22(20)26-16(2)28-24/h11-14H,3-10H2,1-2H3. The lowest BCUT2D eigenvalue weighted by Gasteiger charge is -2.19. The van der Waals surface area contributed by atoms with Crippen molar-refractivity contribution in [3.8, 4) is 23.3 Å². The Balaban J connectivity index is 1.36. The van der Waals surface area contributed by atoms with Crippen LogP contribution in [0.4, 0.5) is 0 Å². The van der Waals surface area contributed by atoms with Crippen molar-refractivity contribution in [3.63, 3.8) is 0 Å². The van der Waals surface area contributed by atoms with Gasteiger partial charge in [-0.1, -0.05) is 0 Å². The summed E-state index contributed by atoms with van der Waals surface area (Å²) >= 11 is 0. The second-order valence-corrected chi connectivity index (χ2v) is 8.09. The molecule has 5 rings (SSSR count). The van der Waals surface area contributed by atoms with Crippen molar-refractivity contribution in [1.82, 2.24) is 19.9 Å². The van der Waals surface area contributed by atoms with Gasteiger partial charge in [0.2, 0.25) is 11.8 Å². The average molecular weight is 402 g/mol. The van der Waals surface area contributed by atoms with E-state index in [1.165, 1.54) is 12.8 Å². The van der Waals surface area contributed by atoms with Gasteiger partial charge >= 0.3 is 0 Å². The van der Waals surface area contributed by atoms with Crippen molar-refractivity contribution in [3.05, 3.63) is 58.4 Å². The highest BCUT2D eigenvalue weighted by molar-refractivity contribution is 5.41. The van der Waals surface area contributed by atoms with E-state index < -0.39 is 0 Å². The Kier molecular flexibility index (Phi) is 5.07. The minimum atomic E-state index is 0.686. The molecule has 0 radical (unpaired) electrons. The summed E-state index contributed by atoms with van der Waals surface area (Å²) in [5, 5.41) is 0. The molecule has 0 amide bonds. The van der Waals surface area contributed by atoms with E-state index in [4.69, 9.17) is 9.47 Å². The monoisotopic (exact) mass is 402 g/mol. The van der Waals surface area contributed by atoms with E-state index in [2.05, 4.69) is 19.9 Å². The van der Waals surface area contributed by atoms with E-state index in [1.807, 2.05) is 38.1 Å². The van der Waals surface area contributed by atoms with Gasteiger partial charge in [-0.2, -0.15) is 9.97 Å². The number of aromatic nitrogens is 4. The zero-order chi connectivity index (χ0) is 20.5. The van der Waals surface area contributed by atoms with Crippen LogP contribution in [0.1, 0.15) is 59.8 Å². The number of nitrogens with zero attached hydrogens (tertiary/aromatic N) is 4. The Labute approximate surface area is 176 Å². The Bertz CT molecular complexity index is 993. The SMILES string of the molecule is Cc1nc2c(c(Oc3ccc(Oc4nc(C)nc5c4CCCC5)cc3)n1)CCCC2. The summed E-state index contributed by atoms with van der Waals surface area (Å²) in [6, 6.07) is 7.68. The minimum absolute atomic E-state index is 0.686. The molecule has 3 aromatic rings. The van der Waals surface area contributed by atoms with Crippen LogP contribution < -0.4 is 9.47 Å². The molecule has 0 N–H and O–H groups in total. The van der Waals surface area contributed by atoms with Crippen LogP contribution in [0.3, 0.4) is 0 Å². The number of hydrogen-bond acceptors (Lipinski definition) is 6. The van der Waals surface area contributed by atoms with Crippen molar-refractivity contribution >= 4 is 0 Å². The van der Waals surface area contributed by atoms with Gasteiger partial charge in [-0.25, -0.2) is 9.97 Å². The first-order valence-electron chi connectivity index (χ1n) is 10.8. The first-order chi connectivity index (χ1) is 14.7. The summed E-state index contributed by atoms with van der Waals surface area (Å²) < 4.78 is 12.3. The van der Waals surface area contributed by atoms with Crippen molar-refractivity contribution in [2.75, 3.05) is 0 Å². The lowest BCUT2D eigenvalue weighted by atomic mass is 9.97. The molecule has 6 heteroatoms. The molecule has 0 saturated heterocycles. The van der Waals surface area contributed by atoms with E-state index >= 15 is 0 Å². The molecular weight excluding hydrogens is 376 g/mol. The van der Waals surface area contributed by atoms with Crippen molar-refractivity contribution in [2.24, 2.45) is 0 Å². The van der Waals surface area contributed by atoms with Crippen LogP contribution in [-0.4, -0.2) is 19.9 Å². The maximum absolute atomic E-state index is 6.14. The maximum atomic E-state index is 6.14. The lowest BCUT2D eigenvalue weighted by Crippen LogP contribution is -2.10. The number of rotatable bonds is 4. The zero-order valence-corrected chi connectivity index (χ0v) is 17.6. The molecule has 2 aromatic heterocycles. The fraction of sp³-hybridized carbons (Fsp3) is 0.417. The van der Waals surface area contributed by atoms with Crippen LogP contribution in [0.5, 0.6) is 23.3 Å². The minimum Gasteiger partial charge on any atom is -0.439 e. The van der Waals surface area contributed by atoms with Gasteiger partial charge in [-0.3, -0.25) is 0 Å². The maximum Gasteiger partial charge on any atom is 0.225 e. The van der Waals surface area contributed by atoms with Gasteiger partial charge in [0.1, 0.15) is 23.1 Å². The summed E-state index contributed by atoms with van der Waals surface area (Å²) in [6.07, 6.45) is 8.64. The summed E-state index contributed by atoms with van der Waals surface area (Å²) in [5.74, 6) is 4.38. The first-order valence-corrected chi connectivity index (χ1v) is 10.8. The van der Waals surface area contributed by atoms with Crippen LogP contribution in [0.25, 0.3) is 0 Å². The van der Waals surface area contributed by atoms with Gasteiger partial charge in [-0.15, -0.1) is 0 Å². The van der Waals surface area contributed by atoms with Crippen molar-refractivity contribution < 1.29 is 9.47 Å². The molecule has 0 spiro atoms. The molecule has 6 nitrogen and oxygen atoms in total. The van der Waals surface area contributed by atoms with Gasteiger partial charge in [-0.05, 0) is 89.5 Å². The Hall–Kier alpha value is -3.02. The number of hydrogen-bond donors (Lipinski definition) is 0. The van der Waals surface area contributed by atoms with Gasteiger partial charge in [0.05, 0.1) is 11.4 Å². The third-order valence-electron chi connectivity index (χ3n) is 5.77. The van der Waals surface area contributed by atoms with E-state index in [9.17, 15) is 0 Å². The summed E-state index contributed by atoms with van der Waals surface area (Å²) in [6.45, 7) is 3.84. The topological polar surface area (TPSA) is 70.0 Å². The number of ether oxygens (including phenoxy) is 2. The predicted molar refractivity (Wildman–Crippen MR) is 113 cm³/mol. The fourth-order valence-electron chi connectivity index (χ4n) is 4.32. The normalized spacial score (nSPS) is 15.3. The highest BCUT2D eigenvalue weighted by atomic mass is 16.5. The third kappa shape index (κ3) is 3.86. The molecular formula is C24H26N4O2. The van der Waals surface area contributed by atoms with Gasteiger partial charge in [0, 0.05) is 11.1 Å². The summed E-state index contributed by atoms with van der Waals surface area (Å²) in [7, 11) is 0. The second kappa shape index (κ2) is 8.01. The van der Waals surface area contributed by atoms with Crippen LogP contribution >= 0.6 is 0 Å². The average Bonchev–Trinajstić information content (AvgIpc) is 2.75. The summed E-state index contributed by atoms with van der Waals surface area (Å²) in [4.78, 5) is 18.3. The highest BCUT2D eigenvalue weighted by Gasteiger charge is 2.20. The van der Waals surface area contributed by atoms with Crippen molar-refractivity contribution in [1.29, 1.82) is 0 Å². The molecule has 0 unspecified atom stereocenters. The number of aryl methyl sites for hydroxylation is 4. The zero-order valence-electron chi connectivity index (χ0n) is 17.6. The van der Waals surface area contributed by atoms with E-state index in [0.29, 0.717) is 11.8 Å².